The molecule has 0 aliphatic heterocycles. The second-order valence-electron chi connectivity index (χ2n) is 25.3. The number of esters is 4. The SMILES string of the molecule is CCC(C)CCCCCCCCCCC(=O)O[C@H](COC(=O)CCCCCCCCC(C)CC)COP(=O)(O)OCC(O)COP(=O)(O)OC[C@@H](COC(=O)CCCCCCCCCC(C)C)OC(=O)CCCCCCCCCCCCC(C)C. The molecule has 0 heterocycles. The number of phosphoric acid groups is 2. The second kappa shape index (κ2) is 56.1. The van der Waals surface area contributed by atoms with Crippen LogP contribution in [0.15, 0.2) is 0 Å². The summed E-state index contributed by atoms with van der Waals surface area (Å²) in [5, 5.41) is 10.6. The summed E-state index contributed by atoms with van der Waals surface area (Å²) < 4.78 is 68.1. The van der Waals surface area contributed by atoms with E-state index in [0.717, 1.165) is 120 Å². The van der Waals surface area contributed by atoms with E-state index in [1.54, 1.807) is 0 Å². The van der Waals surface area contributed by atoms with E-state index < -0.39 is 97.5 Å². The fourth-order valence-electron chi connectivity index (χ4n) is 9.72. The highest BCUT2D eigenvalue weighted by atomic mass is 31.2. The van der Waals surface area contributed by atoms with Crippen LogP contribution in [-0.4, -0.2) is 96.7 Å². The first-order chi connectivity index (χ1) is 40.7. The van der Waals surface area contributed by atoms with Crippen molar-refractivity contribution in [3.63, 3.8) is 0 Å². The molecule has 0 saturated carbocycles. The van der Waals surface area contributed by atoms with Gasteiger partial charge in [-0.3, -0.25) is 37.3 Å². The van der Waals surface area contributed by atoms with Crippen LogP contribution in [-0.2, 0) is 65.4 Å². The lowest BCUT2D eigenvalue weighted by Gasteiger charge is -2.21. The third kappa shape index (κ3) is 58.2. The smallest absolute Gasteiger partial charge is 0.462 e. The maximum atomic E-state index is 13.0. The first-order valence-corrected chi connectivity index (χ1v) is 37.3. The number of ether oxygens (including phenoxy) is 4. The predicted octanol–water partition coefficient (Wildman–Crippen LogP) is 18.1. The van der Waals surface area contributed by atoms with Crippen molar-refractivity contribution in [2.24, 2.45) is 23.7 Å². The van der Waals surface area contributed by atoms with Crippen LogP contribution >= 0.6 is 15.6 Å². The highest BCUT2D eigenvalue weighted by Crippen LogP contribution is 2.45. The second-order valence-corrected chi connectivity index (χ2v) is 28.2. The number of carbonyl (C=O) groups is 4. The van der Waals surface area contributed by atoms with Crippen molar-refractivity contribution in [2.45, 2.75) is 337 Å². The summed E-state index contributed by atoms with van der Waals surface area (Å²) in [6.45, 7) is 14.0. The van der Waals surface area contributed by atoms with Gasteiger partial charge in [0.15, 0.2) is 12.2 Å². The number of aliphatic hydroxyl groups is 1. The van der Waals surface area contributed by atoms with E-state index in [2.05, 4.69) is 55.4 Å². The number of rotatable bonds is 63. The molecule has 0 aromatic carbocycles. The van der Waals surface area contributed by atoms with Gasteiger partial charge in [-0.05, 0) is 49.4 Å². The summed E-state index contributed by atoms with van der Waals surface area (Å²) in [7, 11) is -9.89. The van der Waals surface area contributed by atoms with Crippen molar-refractivity contribution in [3.05, 3.63) is 0 Å². The molecule has 0 aromatic heterocycles. The van der Waals surface area contributed by atoms with Crippen LogP contribution in [0.3, 0.4) is 0 Å². The summed E-state index contributed by atoms with van der Waals surface area (Å²) in [4.78, 5) is 72.3. The van der Waals surface area contributed by atoms with Crippen LogP contribution in [0.25, 0.3) is 0 Å². The van der Waals surface area contributed by atoms with E-state index >= 15 is 0 Å². The van der Waals surface area contributed by atoms with Gasteiger partial charge in [-0.1, -0.05) is 267 Å². The highest BCUT2D eigenvalue weighted by molar-refractivity contribution is 7.47. The Morgan fingerprint density at radius 2 is 0.565 bits per heavy atom. The van der Waals surface area contributed by atoms with Crippen LogP contribution in [0.4, 0.5) is 0 Å². The van der Waals surface area contributed by atoms with Gasteiger partial charge in [-0.25, -0.2) is 9.13 Å². The van der Waals surface area contributed by atoms with E-state index in [4.69, 9.17) is 37.0 Å². The van der Waals surface area contributed by atoms with E-state index in [0.29, 0.717) is 31.6 Å². The van der Waals surface area contributed by atoms with Gasteiger partial charge < -0.3 is 33.8 Å². The molecule has 0 aliphatic carbocycles. The van der Waals surface area contributed by atoms with Crippen LogP contribution < -0.4 is 0 Å². The Bertz CT molecular complexity index is 1700. The van der Waals surface area contributed by atoms with Crippen molar-refractivity contribution in [1.82, 2.24) is 0 Å². The molecule has 0 aromatic rings. The molecule has 0 fully saturated rings. The molecule has 5 unspecified atom stereocenters. The largest absolute Gasteiger partial charge is 0.472 e. The molecule has 19 heteroatoms. The Labute approximate surface area is 517 Å². The van der Waals surface area contributed by atoms with Crippen molar-refractivity contribution in [3.8, 4) is 0 Å². The van der Waals surface area contributed by atoms with Gasteiger partial charge in [0, 0.05) is 25.7 Å². The Kier molecular flexibility index (Phi) is 54.8. The van der Waals surface area contributed by atoms with Crippen molar-refractivity contribution in [2.75, 3.05) is 39.6 Å². The molecule has 0 saturated heterocycles. The molecule has 0 rings (SSSR count). The molecule has 17 nitrogen and oxygen atoms in total. The molecule has 7 atom stereocenters. The summed E-state index contributed by atoms with van der Waals surface area (Å²) in [5.74, 6) is 0.819. The molecule has 3 N–H and O–H groups in total. The van der Waals surface area contributed by atoms with E-state index in [-0.39, 0.29) is 25.7 Å². The molecule has 0 bridgehead atoms. The molecule has 0 spiro atoms. The van der Waals surface area contributed by atoms with E-state index in [1.807, 2.05) is 0 Å². The minimum absolute atomic E-state index is 0.103. The lowest BCUT2D eigenvalue weighted by Crippen LogP contribution is -2.30. The zero-order valence-electron chi connectivity index (χ0n) is 55.2. The van der Waals surface area contributed by atoms with Crippen molar-refractivity contribution >= 4 is 39.5 Å². The van der Waals surface area contributed by atoms with Gasteiger partial charge in [0.25, 0.3) is 0 Å². The molecular weight excluding hydrogens is 1130 g/mol. The van der Waals surface area contributed by atoms with Gasteiger partial charge in [0.2, 0.25) is 0 Å². The van der Waals surface area contributed by atoms with Gasteiger partial charge in [0.05, 0.1) is 26.4 Å². The fourth-order valence-corrected chi connectivity index (χ4v) is 11.3. The molecule has 504 valence electrons. The van der Waals surface area contributed by atoms with Crippen LogP contribution in [0, 0.1) is 23.7 Å². The first-order valence-electron chi connectivity index (χ1n) is 34.3. The summed E-state index contributed by atoms with van der Waals surface area (Å²) in [6.07, 6.45) is 36.2. The molecule has 85 heavy (non-hydrogen) atoms. The standard InChI is InChI=1S/C66H128O17P2/c1-9-58(7)44-36-28-20-15-16-22-33-41-49-66(71)83-62(53-77-64(69)47-39-31-25-24-29-37-45-59(8)10-2)55-81-85(74,75)79-51-60(67)50-78-84(72,73)80-54-61(52-76-63(68)46-38-30-23-17-19-27-35-43-57(5)6)82-65(70)48-40-32-21-14-12-11-13-18-26-34-42-56(3)4/h56-62,67H,9-55H2,1-8H3,(H,72,73)(H,74,75)/t58?,59?,60?,61-,62-/m1/s1. The number of aliphatic hydroxyl groups excluding tert-OH is 1. The van der Waals surface area contributed by atoms with Gasteiger partial charge in [0.1, 0.15) is 19.3 Å². The van der Waals surface area contributed by atoms with Crippen LogP contribution in [0.2, 0.25) is 0 Å². The number of unbranched alkanes of at least 4 members (excludes halogenated alkanes) is 27. The zero-order chi connectivity index (χ0) is 63.2. The summed E-state index contributed by atoms with van der Waals surface area (Å²) in [6, 6.07) is 0. The average Bonchev–Trinajstić information content (AvgIpc) is 3.53. The number of carbonyl (C=O) groups excluding carboxylic acids is 4. The average molecular weight is 1260 g/mol. The number of phosphoric ester groups is 2. The van der Waals surface area contributed by atoms with Crippen LogP contribution in [0.5, 0.6) is 0 Å². The third-order valence-electron chi connectivity index (χ3n) is 15.8. The molecule has 0 radical (unpaired) electrons. The Hall–Kier alpha value is -1.94. The Morgan fingerprint density at radius 1 is 0.329 bits per heavy atom. The predicted molar refractivity (Wildman–Crippen MR) is 340 cm³/mol. The number of hydrogen-bond donors (Lipinski definition) is 3. The monoisotopic (exact) mass is 1250 g/mol. The Balaban J connectivity index is 5.27. The number of hydrogen-bond acceptors (Lipinski definition) is 15. The normalized spacial score (nSPS) is 15.0. The minimum atomic E-state index is -4.95. The summed E-state index contributed by atoms with van der Waals surface area (Å²) >= 11 is 0. The quantitative estimate of drug-likeness (QED) is 0.0222. The van der Waals surface area contributed by atoms with Crippen molar-refractivity contribution < 1.29 is 80.2 Å². The highest BCUT2D eigenvalue weighted by Gasteiger charge is 2.30. The maximum Gasteiger partial charge on any atom is 0.472 e. The third-order valence-corrected chi connectivity index (χ3v) is 17.7. The lowest BCUT2D eigenvalue weighted by atomic mass is 9.99. The first kappa shape index (κ1) is 83.1. The van der Waals surface area contributed by atoms with E-state index in [1.165, 1.54) is 109 Å². The molecule has 0 aliphatic rings. The molecular formula is C66H128O17P2. The lowest BCUT2D eigenvalue weighted by molar-refractivity contribution is -0.161. The molecule has 0 amide bonds. The van der Waals surface area contributed by atoms with Crippen LogP contribution in [0.1, 0.15) is 319 Å². The van der Waals surface area contributed by atoms with Gasteiger partial charge in [-0.2, -0.15) is 0 Å². The Morgan fingerprint density at radius 3 is 0.835 bits per heavy atom. The van der Waals surface area contributed by atoms with E-state index in [9.17, 15) is 43.2 Å². The minimum Gasteiger partial charge on any atom is -0.462 e. The maximum absolute atomic E-state index is 13.0. The zero-order valence-corrected chi connectivity index (χ0v) is 57.0. The topological polar surface area (TPSA) is 237 Å². The fraction of sp³-hybridized carbons (Fsp3) is 0.939. The van der Waals surface area contributed by atoms with Crippen molar-refractivity contribution in [1.29, 1.82) is 0 Å². The van der Waals surface area contributed by atoms with Gasteiger partial charge >= 0.3 is 39.5 Å². The summed E-state index contributed by atoms with van der Waals surface area (Å²) in [5.41, 5.74) is 0. The van der Waals surface area contributed by atoms with Gasteiger partial charge in [-0.15, -0.1) is 0 Å².